The van der Waals surface area contributed by atoms with Gasteiger partial charge < -0.3 is 15.0 Å². The second-order valence-corrected chi connectivity index (χ2v) is 4.74. The Morgan fingerprint density at radius 1 is 1.19 bits per heavy atom. The molecule has 0 saturated carbocycles. The van der Waals surface area contributed by atoms with E-state index < -0.39 is 0 Å². The molecule has 0 aliphatic heterocycles. The molecule has 108 valence electrons. The van der Waals surface area contributed by atoms with Crippen LogP contribution < -0.4 is 10.5 Å². The maximum absolute atomic E-state index is 13.8. The number of nitrogens with zero attached hydrogens (tertiary/aromatic N) is 2. The van der Waals surface area contributed by atoms with Crippen LogP contribution in [-0.2, 0) is 13.2 Å². The van der Waals surface area contributed by atoms with E-state index in [1.54, 1.807) is 30.3 Å². The first-order valence-corrected chi connectivity index (χ1v) is 6.81. The summed E-state index contributed by atoms with van der Waals surface area (Å²) in [5, 5.41) is 0. The molecule has 0 amide bonds. The van der Waals surface area contributed by atoms with Gasteiger partial charge >= 0.3 is 0 Å². The molecule has 2 aromatic carbocycles. The molecule has 1 heterocycles. The largest absolute Gasteiger partial charge is 0.486 e. The van der Waals surface area contributed by atoms with Gasteiger partial charge in [-0.05, 0) is 43.3 Å². The van der Waals surface area contributed by atoms with E-state index in [9.17, 15) is 4.39 Å². The van der Waals surface area contributed by atoms with E-state index in [0.717, 1.165) is 5.52 Å². The van der Waals surface area contributed by atoms with Gasteiger partial charge in [0, 0.05) is 12.2 Å². The average Bonchev–Trinajstić information content (AvgIpc) is 2.86. The van der Waals surface area contributed by atoms with Crippen LogP contribution in [0.3, 0.4) is 0 Å². The van der Waals surface area contributed by atoms with E-state index in [4.69, 9.17) is 10.5 Å². The first kappa shape index (κ1) is 13.4. The van der Waals surface area contributed by atoms with Crippen molar-refractivity contribution in [1.29, 1.82) is 0 Å². The molecular weight excluding hydrogens is 269 g/mol. The predicted molar refractivity (Wildman–Crippen MR) is 80.6 cm³/mol. The number of benzene rings is 2. The Morgan fingerprint density at radius 2 is 1.95 bits per heavy atom. The molecule has 21 heavy (non-hydrogen) atoms. The van der Waals surface area contributed by atoms with E-state index in [-0.39, 0.29) is 12.4 Å². The maximum atomic E-state index is 13.8. The van der Waals surface area contributed by atoms with Gasteiger partial charge in [0.2, 0.25) is 0 Å². The number of ether oxygens (including phenoxy) is 1. The number of nitrogen functional groups attached to an aromatic ring is 1. The monoisotopic (exact) mass is 285 g/mol. The van der Waals surface area contributed by atoms with Crippen molar-refractivity contribution in [2.45, 2.75) is 20.1 Å². The Hall–Kier alpha value is -2.56. The number of fused-ring (bicyclic) bond motifs is 1. The number of nitrogens with two attached hydrogens (primary N) is 1. The van der Waals surface area contributed by atoms with Gasteiger partial charge in [0.05, 0.1) is 5.52 Å². The standard InChI is InChI=1S/C16H16FN3O/c1-2-20-14-5-3-4-13(17)16(14)19-15(20)10-21-12-8-6-11(18)7-9-12/h3-9H,2,10,18H2,1H3. The number of rotatable bonds is 4. The minimum atomic E-state index is -0.312. The van der Waals surface area contributed by atoms with Crippen LogP contribution in [0.5, 0.6) is 5.75 Å². The number of hydrogen-bond donors (Lipinski definition) is 1. The third-order valence-electron chi connectivity index (χ3n) is 3.37. The number of aryl methyl sites for hydroxylation is 1. The summed E-state index contributed by atoms with van der Waals surface area (Å²) >= 11 is 0. The summed E-state index contributed by atoms with van der Waals surface area (Å²) in [4.78, 5) is 4.35. The van der Waals surface area contributed by atoms with E-state index in [2.05, 4.69) is 4.98 Å². The van der Waals surface area contributed by atoms with Crippen molar-refractivity contribution in [1.82, 2.24) is 9.55 Å². The van der Waals surface area contributed by atoms with Crippen molar-refractivity contribution < 1.29 is 9.13 Å². The number of hydrogen-bond acceptors (Lipinski definition) is 3. The predicted octanol–water partition coefficient (Wildman–Crippen LogP) is 3.36. The van der Waals surface area contributed by atoms with Gasteiger partial charge in [-0.3, -0.25) is 0 Å². The second-order valence-electron chi connectivity index (χ2n) is 4.74. The zero-order chi connectivity index (χ0) is 14.8. The Labute approximate surface area is 122 Å². The van der Waals surface area contributed by atoms with Gasteiger partial charge in [-0.15, -0.1) is 0 Å². The lowest BCUT2D eigenvalue weighted by molar-refractivity contribution is 0.291. The molecule has 0 atom stereocenters. The van der Waals surface area contributed by atoms with Crippen LogP contribution in [0.25, 0.3) is 11.0 Å². The summed E-state index contributed by atoms with van der Waals surface area (Å²) in [7, 11) is 0. The summed E-state index contributed by atoms with van der Waals surface area (Å²) in [6, 6.07) is 12.1. The molecular formula is C16H16FN3O. The first-order chi connectivity index (χ1) is 10.2. The highest BCUT2D eigenvalue weighted by atomic mass is 19.1. The quantitative estimate of drug-likeness (QED) is 0.748. The molecule has 5 heteroatoms. The van der Waals surface area contributed by atoms with Gasteiger partial charge in [0.15, 0.2) is 5.82 Å². The summed E-state index contributed by atoms with van der Waals surface area (Å²) in [5.74, 6) is 1.10. The molecule has 0 unspecified atom stereocenters. The summed E-state index contributed by atoms with van der Waals surface area (Å²) < 4.78 is 21.4. The molecule has 0 aliphatic carbocycles. The van der Waals surface area contributed by atoms with E-state index in [1.807, 2.05) is 17.6 Å². The zero-order valence-electron chi connectivity index (χ0n) is 11.7. The minimum absolute atomic E-state index is 0.284. The van der Waals surface area contributed by atoms with Gasteiger partial charge in [0.25, 0.3) is 0 Å². The van der Waals surface area contributed by atoms with Gasteiger partial charge in [-0.25, -0.2) is 9.37 Å². The van der Waals surface area contributed by atoms with Crippen LogP contribution >= 0.6 is 0 Å². The zero-order valence-corrected chi connectivity index (χ0v) is 11.7. The summed E-state index contributed by atoms with van der Waals surface area (Å²) in [6.07, 6.45) is 0. The maximum Gasteiger partial charge on any atom is 0.151 e. The van der Waals surface area contributed by atoms with Gasteiger partial charge in [-0.1, -0.05) is 6.07 Å². The van der Waals surface area contributed by atoms with E-state index >= 15 is 0 Å². The first-order valence-electron chi connectivity index (χ1n) is 6.81. The van der Waals surface area contributed by atoms with Crippen molar-refractivity contribution in [2.75, 3.05) is 5.73 Å². The smallest absolute Gasteiger partial charge is 0.151 e. The minimum Gasteiger partial charge on any atom is -0.486 e. The lowest BCUT2D eigenvalue weighted by Gasteiger charge is -2.08. The highest BCUT2D eigenvalue weighted by molar-refractivity contribution is 5.76. The van der Waals surface area contributed by atoms with Crippen molar-refractivity contribution in [3.8, 4) is 5.75 Å². The Balaban J connectivity index is 1.89. The number of para-hydroxylation sites is 1. The lowest BCUT2D eigenvalue weighted by atomic mass is 10.3. The van der Waals surface area contributed by atoms with Crippen LogP contribution in [-0.4, -0.2) is 9.55 Å². The molecule has 0 radical (unpaired) electrons. The Bertz CT molecular complexity index is 765. The third kappa shape index (κ3) is 2.54. The van der Waals surface area contributed by atoms with Crippen LogP contribution in [0, 0.1) is 5.82 Å². The molecule has 1 aromatic heterocycles. The highest BCUT2D eigenvalue weighted by Crippen LogP contribution is 2.21. The summed E-state index contributed by atoms with van der Waals surface area (Å²) in [5.41, 5.74) is 7.49. The molecule has 2 N–H and O–H groups in total. The van der Waals surface area contributed by atoms with Gasteiger partial charge in [0.1, 0.15) is 23.7 Å². The van der Waals surface area contributed by atoms with Crippen molar-refractivity contribution in [3.63, 3.8) is 0 Å². The van der Waals surface area contributed by atoms with Crippen LogP contribution in [0.4, 0.5) is 10.1 Å². The molecule has 4 nitrogen and oxygen atoms in total. The number of anilines is 1. The molecule has 3 aromatic rings. The SMILES string of the molecule is CCn1c(COc2ccc(N)cc2)nc2c(F)cccc21. The Morgan fingerprint density at radius 3 is 2.67 bits per heavy atom. The fraction of sp³-hybridized carbons (Fsp3) is 0.188. The van der Waals surface area contributed by atoms with Crippen LogP contribution in [0.2, 0.25) is 0 Å². The average molecular weight is 285 g/mol. The molecule has 0 bridgehead atoms. The molecule has 0 saturated heterocycles. The van der Waals surface area contributed by atoms with Crippen molar-refractivity contribution in [3.05, 3.63) is 54.1 Å². The Kier molecular flexibility index (Phi) is 3.48. The normalized spacial score (nSPS) is 11.0. The molecule has 0 aliphatic rings. The van der Waals surface area contributed by atoms with Crippen LogP contribution in [0.15, 0.2) is 42.5 Å². The number of halogens is 1. The summed E-state index contributed by atoms with van der Waals surface area (Å²) in [6.45, 7) is 2.99. The van der Waals surface area contributed by atoms with E-state index in [1.165, 1.54) is 6.07 Å². The fourth-order valence-corrected chi connectivity index (χ4v) is 2.34. The number of aromatic nitrogens is 2. The van der Waals surface area contributed by atoms with Crippen molar-refractivity contribution >= 4 is 16.7 Å². The second kappa shape index (κ2) is 5.44. The van der Waals surface area contributed by atoms with Crippen LogP contribution in [0.1, 0.15) is 12.7 Å². The number of imidazole rings is 1. The molecule has 3 rings (SSSR count). The molecule has 0 spiro atoms. The third-order valence-corrected chi connectivity index (χ3v) is 3.37. The topological polar surface area (TPSA) is 53.1 Å². The van der Waals surface area contributed by atoms with Crippen molar-refractivity contribution in [2.24, 2.45) is 0 Å². The van der Waals surface area contributed by atoms with E-state index in [0.29, 0.717) is 29.3 Å². The molecule has 0 fully saturated rings. The highest BCUT2D eigenvalue weighted by Gasteiger charge is 2.12. The van der Waals surface area contributed by atoms with Gasteiger partial charge in [-0.2, -0.15) is 0 Å². The lowest BCUT2D eigenvalue weighted by Crippen LogP contribution is -2.05. The fourth-order valence-electron chi connectivity index (χ4n) is 2.34.